The zero-order valence-corrected chi connectivity index (χ0v) is 16.6. The third-order valence-electron chi connectivity index (χ3n) is 5.45. The molecule has 2 aromatic rings. The predicted octanol–water partition coefficient (Wildman–Crippen LogP) is 3.59. The van der Waals surface area contributed by atoms with Crippen LogP contribution >= 0.6 is 11.8 Å². The van der Waals surface area contributed by atoms with Crippen molar-refractivity contribution in [3.8, 4) is 11.4 Å². The Morgan fingerprint density at radius 2 is 2.12 bits per heavy atom. The molecule has 0 N–H and O–H groups in total. The molecule has 0 radical (unpaired) electrons. The Kier molecular flexibility index (Phi) is 4.55. The van der Waals surface area contributed by atoms with E-state index in [9.17, 15) is 4.79 Å². The molecule has 3 heterocycles. The van der Waals surface area contributed by atoms with Gasteiger partial charge in [0, 0.05) is 24.2 Å². The van der Waals surface area contributed by atoms with Gasteiger partial charge >= 0.3 is 0 Å². The summed E-state index contributed by atoms with van der Waals surface area (Å²) >= 11 is 1.52. The van der Waals surface area contributed by atoms with E-state index in [-0.39, 0.29) is 11.4 Å². The van der Waals surface area contributed by atoms with Gasteiger partial charge in [0.25, 0.3) is 0 Å². The Bertz CT molecular complexity index is 829. The molecule has 26 heavy (non-hydrogen) atoms. The van der Waals surface area contributed by atoms with Crippen LogP contribution in [0.25, 0.3) is 11.4 Å². The average molecular weight is 371 g/mol. The lowest BCUT2D eigenvalue weighted by Gasteiger charge is -2.34. The molecule has 1 fully saturated rings. The number of fused-ring (bicyclic) bond motifs is 3. The van der Waals surface area contributed by atoms with Crippen molar-refractivity contribution in [2.24, 2.45) is 5.92 Å². The second kappa shape index (κ2) is 6.72. The van der Waals surface area contributed by atoms with E-state index in [0.29, 0.717) is 11.7 Å². The molecule has 2 aliphatic heterocycles. The van der Waals surface area contributed by atoms with Crippen LogP contribution in [0.1, 0.15) is 39.2 Å². The van der Waals surface area contributed by atoms with E-state index in [1.807, 2.05) is 11.0 Å². The number of thioether (sulfide) groups is 1. The Morgan fingerprint density at radius 3 is 2.92 bits per heavy atom. The normalized spacial score (nSPS) is 21.2. The maximum atomic E-state index is 12.6. The summed E-state index contributed by atoms with van der Waals surface area (Å²) in [5.74, 6) is 2.17. The molecular formula is C20H26N4OS. The molecule has 1 aromatic heterocycles. The van der Waals surface area contributed by atoms with Crippen LogP contribution in [0, 0.1) is 5.92 Å². The molecule has 0 saturated carbocycles. The third kappa shape index (κ3) is 3.15. The van der Waals surface area contributed by atoms with Gasteiger partial charge in [0.05, 0.1) is 5.75 Å². The molecule has 1 aromatic carbocycles. The molecule has 2 aliphatic rings. The molecule has 0 bridgehead atoms. The van der Waals surface area contributed by atoms with Crippen LogP contribution in [0.3, 0.4) is 0 Å². The minimum Gasteiger partial charge on any atom is -0.342 e. The van der Waals surface area contributed by atoms with Gasteiger partial charge in [0.2, 0.25) is 5.91 Å². The van der Waals surface area contributed by atoms with Gasteiger partial charge in [0.1, 0.15) is 0 Å². The largest absolute Gasteiger partial charge is 0.342 e. The smallest absolute Gasteiger partial charge is 0.233 e. The molecule has 0 aliphatic carbocycles. The fourth-order valence-electron chi connectivity index (χ4n) is 4.15. The van der Waals surface area contributed by atoms with E-state index < -0.39 is 0 Å². The monoisotopic (exact) mass is 370 g/mol. The highest BCUT2D eigenvalue weighted by Crippen LogP contribution is 2.39. The molecule has 1 saturated heterocycles. The maximum absolute atomic E-state index is 12.6. The van der Waals surface area contributed by atoms with Crippen molar-refractivity contribution in [1.29, 1.82) is 0 Å². The number of nitrogens with zero attached hydrogens (tertiary/aromatic N) is 4. The summed E-state index contributed by atoms with van der Waals surface area (Å²) in [7, 11) is 0. The first-order valence-electron chi connectivity index (χ1n) is 9.40. The lowest BCUT2D eigenvalue weighted by molar-refractivity contribution is -0.130. The number of benzene rings is 1. The zero-order valence-electron chi connectivity index (χ0n) is 15.7. The fourth-order valence-corrected chi connectivity index (χ4v) is 5.15. The van der Waals surface area contributed by atoms with Crippen LogP contribution in [0.4, 0.5) is 0 Å². The number of piperidine rings is 1. The second-order valence-corrected chi connectivity index (χ2v) is 9.11. The molecule has 1 atom stereocenters. The maximum Gasteiger partial charge on any atom is 0.233 e. The number of carbonyl (C=O) groups is 1. The number of likely N-dealkylation sites (tertiary alicyclic amines) is 1. The van der Waals surface area contributed by atoms with Crippen molar-refractivity contribution < 1.29 is 4.79 Å². The number of carbonyl (C=O) groups excluding carboxylic acids is 1. The molecule has 1 amide bonds. The Morgan fingerprint density at radius 1 is 1.31 bits per heavy atom. The van der Waals surface area contributed by atoms with Crippen LogP contribution in [0.5, 0.6) is 0 Å². The number of hydrogen-bond acceptors (Lipinski definition) is 4. The van der Waals surface area contributed by atoms with Crippen molar-refractivity contribution in [1.82, 2.24) is 19.7 Å². The van der Waals surface area contributed by atoms with Gasteiger partial charge in [-0.2, -0.15) is 0 Å². The van der Waals surface area contributed by atoms with Gasteiger partial charge < -0.3 is 4.90 Å². The molecule has 5 nitrogen and oxygen atoms in total. The van der Waals surface area contributed by atoms with Gasteiger partial charge in [0.15, 0.2) is 11.0 Å². The van der Waals surface area contributed by atoms with Crippen LogP contribution in [0.2, 0.25) is 0 Å². The van der Waals surface area contributed by atoms with Crippen LogP contribution in [-0.4, -0.2) is 44.4 Å². The summed E-state index contributed by atoms with van der Waals surface area (Å²) in [6, 6.07) is 8.40. The SMILES string of the molecule is CC1CCCN(C(=O)CSc2nnc3n2C(C)(C)Cc2ccccc2-3)C1. The standard InChI is InChI=1S/C20H26N4OS/c1-14-7-6-10-23(12-14)17(25)13-26-19-22-21-18-16-9-5-4-8-15(16)11-20(2,3)24(18)19/h4-5,8-9,14H,6-7,10-13H2,1-3H3. The van der Waals surface area contributed by atoms with Gasteiger partial charge in [-0.25, -0.2) is 0 Å². The molecular weight excluding hydrogens is 344 g/mol. The highest BCUT2D eigenvalue weighted by Gasteiger charge is 2.34. The van der Waals surface area contributed by atoms with E-state index in [2.05, 4.69) is 53.7 Å². The van der Waals surface area contributed by atoms with Crippen LogP contribution in [-0.2, 0) is 16.8 Å². The highest BCUT2D eigenvalue weighted by atomic mass is 32.2. The van der Waals surface area contributed by atoms with E-state index in [0.717, 1.165) is 42.5 Å². The topological polar surface area (TPSA) is 51.0 Å². The highest BCUT2D eigenvalue weighted by molar-refractivity contribution is 7.99. The van der Waals surface area contributed by atoms with Crippen molar-refractivity contribution in [2.75, 3.05) is 18.8 Å². The van der Waals surface area contributed by atoms with E-state index in [4.69, 9.17) is 0 Å². The molecule has 138 valence electrons. The van der Waals surface area contributed by atoms with Crippen molar-refractivity contribution >= 4 is 17.7 Å². The third-order valence-corrected chi connectivity index (χ3v) is 6.37. The molecule has 0 spiro atoms. The van der Waals surface area contributed by atoms with Gasteiger partial charge in [-0.05, 0) is 44.6 Å². The number of hydrogen-bond donors (Lipinski definition) is 0. The van der Waals surface area contributed by atoms with E-state index in [1.165, 1.54) is 23.7 Å². The summed E-state index contributed by atoms with van der Waals surface area (Å²) < 4.78 is 2.21. The minimum absolute atomic E-state index is 0.0990. The summed E-state index contributed by atoms with van der Waals surface area (Å²) in [6.07, 6.45) is 3.28. The Hall–Kier alpha value is -1.82. The summed E-state index contributed by atoms with van der Waals surface area (Å²) in [4.78, 5) is 14.6. The van der Waals surface area contributed by atoms with Crippen molar-refractivity contribution in [3.63, 3.8) is 0 Å². The predicted molar refractivity (Wildman–Crippen MR) is 104 cm³/mol. The van der Waals surface area contributed by atoms with Gasteiger partial charge in [-0.15, -0.1) is 10.2 Å². The lowest BCUT2D eigenvalue weighted by atomic mass is 9.87. The minimum atomic E-state index is -0.0990. The van der Waals surface area contributed by atoms with Crippen molar-refractivity contribution in [3.05, 3.63) is 29.8 Å². The first-order valence-corrected chi connectivity index (χ1v) is 10.4. The molecule has 1 unspecified atom stereocenters. The quantitative estimate of drug-likeness (QED) is 0.775. The molecule has 6 heteroatoms. The first-order chi connectivity index (χ1) is 12.5. The number of aromatic nitrogens is 3. The Labute approximate surface area is 159 Å². The van der Waals surface area contributed by atoms with Gasteiger partial charge in [-0.3, -0.25) is 9.36 Å². The average Bonchev–Trinajstić information content (AvgIpc) is 3.05. The van der Waals surface area contributed by atoms with Crippen molar-refractivity contribution in [2.45, 2.75) is 50.7 Å². The van der Waals surface area contributed by atoms with E-state index in [1.54, 1.807) is 0 Å². The number of rotatable bonds is 3. The summed E-state index contributed by atoms with van der Waals surface area (Å²) in [5.41, 5.74) is 2.37. The summed E-state index contributed by atoms with van der Waals surface area (Å²) in [6.45, 7) is 8.43. The second-order valence-electron chi connectivity index (χ2n) is 8.16. The summed E-state index contributed by atoms with van der Waals surface area (Å²) in [5, 5.41) is 9.74. The van der Waals surface area contributed by atoms with Gasteiger partial charge in [-0.1, -0.05) is 43.0 Å². The zero-order chi connectivity index (χ0) is 18.3. The van der Waals surface area contributed by atoms with Crippen LogP contribution in [0.15, 0.2) is 29.4 Å². The van der Waals surface area contributed by atoms with E-state index >= 15 is 0 Å². The lowest BCUT2D eigenvalue weighted by Crippen LogP contribution is -2.40. The Balaban J connectivity index is 1.55. The fraction of sp³-hybridized carbons (Fsp3) is 0.550. The first kappa shape index (κ1) is 17.6. The molecule has 4 rings (SSSR count). The van der Waals surface area contributed by atoms with Crippen LogP contribution < -0.4 is 0 Å². The number of amides is 1.